The molecular weight excluding hydrogens is 342 g/mol. The molecule has 3 fully saturated rings. The number of ether oxygens (including phenoxy) is 1. The Kier molecular flexibility index (Phi) is 7.94. The molecule has 6 heteroatoms. The van der Waals surface area contributed by atoms with E-state index in [1.807, 2.05) is 9.80 Å². The zero-order chi connectivity index (χ0) is 19.1. The summed E-state index contributed by atoms with van der Waals surface area (Å²) >= 11 is 0. The van der Waals surface area contributed by atoms with Crippen molar-refractivity contribution < 1.29 is 14.3 Å². The highest BCUT2D eigenvalue weighted by Crippen LogP contribution is 2.29. The van der Waals surface area contributed by atoms with Crippen molar-refractivity contribution in [3.8, 4) is 0 Å². The Balaban J connectivity index is 1.46. The molecule has 2 amide bonds. The van der Waals surface area contributed by atoms with Gasteiger partial charge in [-0.15, -0.1) is 0 Å². The molecule has 27 heavy (non-hydrogen) atoms. The van der Waals surface area contributed by atoms with E-state index >= 15 is 0 Å². The number of amides is 2. The average molecular weight is 380 g/mol. The van der Waals surface area contributed by atoms with E-state index in [0.29, 0.717) is 18.2 Å². The smallest absolute Gasteiger partial charge is 0.222 e. The third-order valence-corrected chi connectivity index (χ3v) is 6.51. The Morgan fingerprint density at radius 3 is 2.48 bits per heavy atom. The van der Waals surface area contributed by atoms with Gasteiger partial charge in [-0.1, -0.05) is 12.8 Å². The molecule has 2 heterocycles. The van der Waals surface area contributed by atoms with Gasteiger partial charge in [0, 0.05) is 58.7 Å². The molecule has 1 unspecified atom stereocenters. The van der Waals surface area contributed by atoms with Crippen LogP contribution in [-0.4, -0.2) is 85.0 Å². The maximum Gasteiger partial charge on any atom is 0.222 e. The lowest BCUT2D eigenvalue weighted by Gasteiger charge is -2.39. The first-order valence-corrected chi connectivity index (χ1v) is 11.0. The Labute approximate surface area is 164 Å². The summed E-state index contributed by atoms with van der Waals surface area (Å²) in [6.07, 6.45) is 8.71. The maximum absolute atomic E-state index is 12.7. The van der Waals surface area contributed by atoms with Gasteiger partial charge in [0.05, 0.1) is 13.2 Å². The first-order valence-electron chi connectivity index (χ1n) is 11.0. The van der Waals surface area contributed by atoms with Crippen LogP contribution in [0.3, 0.4) is 0 Å². The van der Waals surface area contributed by atoms with E-state index in [9.17, 15) is 9.59 Å². The molecule has 0 aromatic carbocycles. The van der Waals surface area contributed by atoms with Gasteiger partial charge in [0.25, 0.3) is 0 Å². The molecule has 2 aliphatic heterocycles. The van der Waals surface area contributed by atoms with Gasteiger partial charge in [-0.25, -0.2) is 0 Å². The first kappa shape index (κ1) is 20.6. The van der Waals surface area contributed by atoms with Gasteiger partial charge >= 0.3 is 0 Å². The van der Waals surface area contributed by atoms with E-state index in [1.165, 1.54) is 25.7 Å². The van der Waals surface area contributed by atoms with E-state index in [-0.39, 0.29) is 11.9 Å². The number of nitrogens with zero attached hydrogens (tertiary/aromatic N) is 3. The second kappa shape index (κ2) is 10.4. The highest BCUT2D eigenvalue weighted by molar-refractivity contribution is 5.77. The number of piperidine rings is 1. The van der Waals surface area contributed by atoms with Crippen molar-refractivity contribution >= 4 is 11.8 Å². The van der Waals surface area contributed by atoms with Gasteiger partial charge in [-0.05, 0) is 38.0 Å². The molecule has 0 bridgehead atoms. The minimum Gasteiger partial charge on any atom is -0.379 e. The van der Waals surface area contributed by atoms with Crippen LogP contribution in [0, 0.1) is 5.92 Å². The number of rotatable bonds is 7. The summed E-state index contributed by atoms with van der Waals surface area (Å²) in [4.78, 5) is 31.5. The summed E-state index contributed by atoms with van der Waals surface area (Å²) in [5.41, 5.74) is 0. The molecule has 1 saturated carbocycles. The molecule has 2 saturated heterocycles. The number of hydrogen-bond donors (Lipinski definition) is 0. The molecule has 154 valence electrons. The van der Waals surface area contributed by atoms with Crippen LogP contribution in [0.25, 0.3) is 0 Å². The second-order valence-corrected chi connectivity index (χ2v) is 8.51. The largest absolute Gasteiger partial charge is 0.379 e. The van der Waals surface area contributed by atoms with Crippen LogP contribution in [-0.2, 0) is 14.3 Å². The lowest BCUT2D eigenvalue weighted by atomic mass is 9.99. The van der Waals surface area contributed by atoms with Gasteiger partial charge in [0.15, 0.2) is 0 Å². The van der Waals surface area contributed by atoms with Crippen LogP contribution >= 0.6 is 0 Å². The molecule has 1 atom stereocenters. The minimum atomic E-state index is 0.145. The van der Waals surface area contributed by atoms with Crippen molar-refractivity contribution in [2.24, 2.45) is 5.92 Å². The zero-order valence-electron chi connectivity index (χ0n) is 17.0. The highest BCUT2D eigenvalue weighted by atomic mass is 16.5. The lowest BCUT2D eigenvalue weighted by molar-refractivity contribution is -0.139. The van der Waals surface area contributed by atoms with Crippen LogP contribution in [0.5, 0.6) is 0 Å². The Morgan fingerprint density at radius 1 is 1.04 bits per heavy atom. The quantitative estimate of drug-likeness (QED) is 0.680. The number of likely N-dealkylation sites (tertiary alicyclic amines) is 1. The maximum atomic E-state index is 12.7. The van der Waals surface area contributed by atoms with Crippen molar-refractivity contribution in [3.63, 3.8) is 0 Å². The molecule has 1 aliphatic carbocycles. The van der Waals surface area contributed by atoms with Crippen LogP contribution in [0.15, 0.2) is 0 Å². The molecule has 3 aliphatic rings. The molecule has 6 nitrogen and oxygen atoms in total. The fraction of sp³-hybridized carbons (Fsp3) is 0.905. The molecule has 3 rings (SSSR count). The van der Waals surface area contributed by atoms with Crippen LogP contribution in [0.1, 0.15) is 58.3 Å². The third-order valence-electron chi connectivity index (χ3n) is 6.51. The van der Waals surface area contributed by atoms with E-state index in [2.05, 4.69) is 4.90 Å². The van der Waals surface area contributed by atoms with E-state index in [4.69, 9.17) is 4.74 Å². The summed E-state index contributed by atoms with van der Waals surface area (Å²) in [6, 6.07) is 0.188. The summed E-state index contributed by atoms with van der Waals surface area (Å²) in [7, 11) is 0. The summed E-state index contributed by atoms with van der Waals surface area (Å²) in [6.45, 7) is 8.69. The first-order chi connectivity index (χ1) is 13.1. The summed E-state index contributed by atoms with van der Waals surface area (Å²) in [5, 5.41) is 0. The monoisotopic (exact) mass is 379 g/mol. The SMILES string of the molecule is CC(=O)N(CCCN1CCOCC1)C1CCCN(C(=O)CC2CCCC2)C1. The van der Waals surface area contributed by atoms with Crippen molar-refractivity contribution in [1.82, 2.24) is 14.7 Å². The highest BCUT2D eigenvalue weighted by Gasteiger charge is 2.30. The van der Waals surface area contributed by atoms with Crippen molar-refractivity contribution in [2.45, 2.75) is 64.3 Å². The van der Waals surface area contributed by atoms with Crippen LogP contribution < -0.4 is 0 Å². The topological polar surface area (TPSA) is 53.1 Å². The van der Waals surface area contributed by atoms with Crippen molar-refractivity contribution in [3.05, 3.63) is 0 Å². The zero-order valence-corrected chi connectivity index (χ0v) is 17.0. The van der Waals surface area contributed by atoms with Crippen molar-refractivity contribution in [1.29, 1.82) is 0 Å². The second-order valence-electron chi connectivity index (χ2n) is 8.51. The molecule has 0 spiro atoms. The number of morpholine rings is 1. The molecule has 0 aromatic heterocycles. The molecule has 0 aromatic rings. The van der Waals surface area contributed by atoms with Gasteiger partial charge < -0.3 is 14.5 Å². The standard InChI is InChI=1S/C21H37N3O3/c1-18(25)24(11-5-9-22-12-14-27-15-13-22)20-8-4-10-23(17-20)21(26)16-19-6-2-3-7-19/h19-20H,2-17H2,1H3. The third kappa shape index (κ3) is 6.18. The van der Waals surface area contributed by atoms with Crippen molar-refractivity contribution in [2.75, 3.05) is 52.5 Å². The van der Waals surface area contributed by atoms with Gasteiger partial charge in [-0.2, -0.15) is 0 Å². The Bertz CT molecular complexity index is 487. The summed E-state index contributed by atoms with van der Waals surface area (Å²) in [5.74, 6) is 1.05. The summed E-state index contributed by atoms with van der Waals surface area (Å²) < 4.78 is 5.40. The van der Waals surface area contributed by atoms with E-state index < -0.39 is 0 Å². The Hall–Kier alpha value is -1.14. The van der Waals surface area contributed by atoms with E-state index in [0.717, 1.165) is 71.7 Å². The van der Waals surface area contributed by atoms with Crippen LogP contribution in [0.4, 0.5) is 0 Å². The number of carbonyl (C=O) groups excluding carboxylic acids is 2. The Morgan fingerprint density at radius 2 is 1.78 bits per heavy atom. The van der Waals surface area contributed by atoms with Crippen LogP contribution in [0.2, 0.25) is 0 Å². The fourth-order valence-corrected chi connectivity index (χ4v) is 4.91. The number of hydrogen-bond acceptors (Lipinski definition) is 4. The molecule has 0 radical (unpaired) electrons. The minimum absolute atomic E-state index is 0.145. The molecule has 0 N–H and O–H groups in total. The number of carbonyl (C=O) groups is 2. The predicted molar refractivity (Wildman–Crippen MR) is 105 cm³/mol. The van der Waals surface area contributed by atoms with Gasteiger partial charge in [-0.3, -0.25) is 14.5 Å². The fourth-order valence-electron chi connectivity index (χ4n) is 4.91. The predicted octanol–water partition coefficient (Wildman–Crippen LogP) is 2.13. The van der Waals surface area contributed by atoms with Gasteiger partial charge in [0.2, 0.25) is 11.8 Å². The molecular formula is C21H37N3O3. The average Bonchev–Trinajstić information content (AvgIpc) is 3.19. The van der Waals surface area contributed by atoms with E-state index in [1.54, 1.807) is 6.92 Å². The van der Waals surface area contributed by atoms with Gasteiger partial charge in [0.1, 0.15) is 0 Å². The lowest BCUT2D eigenvalue weighted by Crippen LogP contribution is -2.52. The normalized spacial score (nSPS) is 24.9.